The Morgan fingerprint density at radius 2 is 1.66 bits per heavy atom. The van der Waals surface area contributed by atoms with E-state index in [9.17, 15) is 9.59 Å². The second kappa shape index (κ2) is 9.51. The molecule has 1 saturated carbocycles. The molecule has 1 aliphatic rings. The predicted octanol–water partition coefficient (Wildman–Crippen LogP) is 4.23. The summed E-state index contributed by atoms with van der Waals surface area (Å²) in [7, 11) is 0. The first-order valence-electron chi connectivity index (χ1n) is 10.6. The number of hydrogen-bond acceptors (Lipinski definition) is 4. The molecule has 1 fully saturated rings. The predicted molar refractivity (Wildman–Crippen MR) is 126 cm³/mol. The standard InChI is InChI=1S/C25H25ClN4O2/c26-20-8-6-19(7-9-20)25(12-1-13-25)24(32)29-16-22(27)17-2-4-18(5-3-17)23(31)30-21-10-14-28-15-11-21/h2-11,14-15,22H,1,12-13,16,27H2,(H,29,32)(H,28,30,31). The summed E-state index contributed by atoms with van der Waals surface area (Å²) in [6.07, 6.45) is 5.89. The molecule has 0 spiro atoms. The van der Waals surface area contributed by atoms with Gasteiger partial charge in [0.05, 0.1) is 5.41 Å². The van der Waals surface area contributed by atoms with Crippen molar-refractivity contribution in [2.45, 2.75) is 30.7 Å². The average Bonchev–Trinajstić information content (AvgIpc) is 2.78. The fraction of sp³-hybridized carbons (Fsp3) is 0.240. The maximum atomic E-state index is 13.0. The molecule has 1 atom stereocenters. The van der Waals surface area contributed by atoms with Crippen molar-refractivity contribution in [2.75, 3.05) is 11.9 Å². The highest BCUT2D eigenvalue weighted by Gasteiger charge is 2.45. The van der Waals surface area contributed by atoms with Crippen molar-refractivity contribution in [1.82, 2.24) is 10.3 Å². The lowest BCUT2D eigenvalue weighted by atomic mass is 9.64. The monoisotopic (exact) mass is 448 g/mol. The summed E-state index contributed by atoms with van der Waals surface area (Å²) in [6.45, 7) is 0.316. The quantitative estimate of drug-likeness (QED) is 0.504. The van der Waals surface area contributed by atoms with Crippen molar-refractivity contribution < 1.29 is 9.59 Å². The van der Waals surface area contributed by atoms with Gasteiger partial charge in [0.2, 0.25) is 5.91 Å². The normalized spacial score (nSPS) is 15.3. The summed E-state index contributed by atoms with van der Waals surface area (Å²) in [6, 6.07) is 17.7. The lowest BCUT2D eigenvalue weighted by Gasteiger charge is -2.41. The molecule has 2 aromatic carbocycles. The lowest BCUT2D eigenvalue weighted by molar-refractivity contribution is -0.130. The molecule has 1 heterocycles. The molecule has 164 valence electrons. The van der Waals surface area contributed by atoms with Crippen LogP contribution in [0.4, 0.5) is 5.69 Å². The van der Waals surface area contributed by atoms with Gasteiger partial charge < -0.3 is 16.4 Å². The number of amides is 2. The van der Waals surface area contributed by atoms with E-state index in [0.29, 0.717) is 22.8 Å². The number of nitrogens with two attached hydrogens (primary N) is 1. The van der Waals surface area contributed by atoms with E-state index >= 15 is 0 Å². The Morgan fingerprint density at radius 3 is 2.25 bits per heavy atom. The minimum absolute atomic E-state index is 0.00475. The van der Waals surface area contributed by atoms with Crippen LogP contribution in [-0.4, -0.2) is 23.3 Å². The Morgan fingerprint density at radius 1 is 1.00 bits per heavy atom. The summed E-state index contributed by atoms with van der Waals surface area (Å²) >= 11 is 6.00. The molecule has 0 aliphatic heterocycles. The number of nitrogens with one attached hydrogen (secondary N) is 2. The van der Waals surface area contributed by atoms with E-state index in [-0.39, 0.29) is 17.9 Å². The summed E-state index contributed by atoms with van der Waals surface area (Å²) in [4.78, 5) is 29.3. The van der Waals surface area contributed by atoms with Gasteiger partial charge in [0.15, 0.2) is 0 Å². The third-order valence-corrected chi connectivity index (χ3v) is 6.31. The second-order valence-electron chi connectivity index (χ2n) is 8.07. The van der Waals surface area contributed by atoms with Gasteiger partial charge in [-0.05, 0) is 60.4 Å². The lowest BCUT2D eigenvalue weighted by Crippen LogP contribution is -2.50. The highest BCUT2D eigenvalue weighted by Crippen LogP contribution is 2.44. The Labute approximate surface area is 192 Å². The second-order valence-corrected chi connectivity index (χ2v) is 8.51. The van der Waals surface area contributed by atoms with E-state index in [1.807, 2.05) is 36.4 Å². The number of pyridine rings is 1. The largest absolute Gasteiger partial charge is 0.353 e. The highest BCUT2D eigenvalue weighted by atomic mass is 35.5. The molecule has 32 heavy (non-hydrogen) atoms. The fourth-order valence-corrected chi connectivity index (χ4v) is 4.08. The minimum Gasteiger partial charge on any atom is -0.353 e. The van der Waals surface area contributed by atoms with Crippen molar-refractivity contribution in [3.05, 3.63) is 94.8 Å². The Hall–Kier alpha value is -3.22. The number of hydrogen-bond donors (Lipinski definition) is 3. The zero-order valence-corrected chi connectivity index (χ0v) is 18.3. The number of carbonyl (C=O) groups is 2. The van der Waals surface area contributed by atoms with E-state index in [0.717, 1.165) is 30.4 Å². The van der Waals surface area contributed by atoms with Gasteiger partial charge in [0, 0.05) is 41.3 Å². The number of halogens is 1. The molecular formula is C25H25ClN4O2. The number of aromatic nitrogens is 1. The van der Waals surface area contributed by atoms with Crippen molar-refractivity contribution in [1.29, 1.82) is 0 Å². The van der Waals surface area contributed by atoms with Crippen molar-refractivity contribution in [3.8, 4) is 0 Å². The number of anilines is 1. The zero-order chi connectivity index (χ0) is 22.6. The maximum absolute atomic E-state index is 13.0. The highest BCUT2D eigenvalue weighted by molar-refractivity contribution is 6.30. The van der Waals surface area contributed by atoms with Gasteiger partial charge in [-0.2, -0.15) is 0 Å². The van der Waals surface area contributed by atoms with Gasteiger partial charge in [-0.3, -0.25) is 14.6 Å². The fourth-order valence-electron chi connectivity index (χ4n) is 3.96. The number of carbonyl (C=O) groups excluding carboxylic acids is 2. The summed E-state index contributed by atoms with van der Waals surface area (Å²) in [5, 5.41) is 6.50. The summed E-state index contributed by atoms with van der Waals surface area (Å²) < 4.78 is 0. The summed E-state index contributed by atoms with van der Waals surface area (Å²) in [5.41, 5.74) is 8.86. The molecular weight excluding hydrogens is 424 g/mol. The average molecular weight is 449 g/mol. The summed E-state index contributed by atoms with van der Waals surface area (Å²) in [5.74, 6) is -0.214. The van der Waals surface area contributed by atoms with Crippen LogP contribution in [0.1, 0.15) is 46.8 Å². The van der Waals surface area contributed by atoms with Crippen molar-refractivity contribution in [3.63, 3.8) is 0 Å². The van der Waals surface area contributed by atoms with E-state index in [1.165, 1.54) is 0 Å². The topological polar surface area (TPSA) is 97.1 Å². The van der Waals surface area contributed by atoms with E-state index in [4.69, 9.17) is 17.3 Å². The number of benzene rings is 2. The van der Waals surface area contributed by atoms with E-state index in [1.54, 1.807) is 36.7 Å². The molecule has 4 rings (SSSR count). The molecule has 4 N–H and O–H groups in total. The van der Waals surface area contributed by atoms with Crippen LogP contribution in [0.5, 0.6) is 0 Å². The van der Waals surface area contributed by atoms with Gasteiger partial charge in [-0.25, -0.2) is 0 Å². The van der Waals surface area contributed by atoms with Gasteiger partial charge in [-0.1, -0.05) is 42.3 Å². The number of rotatable bonds is 7. The molecule has 0 bridgehead atoms. The van der Waals surface area contributed by atoms with Crippen molar-refractivity contribution >= 4 is 29.1 Å². The van der Waals surface area contributed by atoms with Crippen LogP contribution in [0.2, 0.25) is 5.02 Å². The Bertz CT molecular complexity index is 1080. The molecule has 0 radical (unpaired) electrons. The van der Waals surface area contributed by atoms with E-state index < -0.39 is 5.41 Å². The first-order chi connectivity index (χ1) is 15.5. The molecule has 6 nitrogen and oxygen atoms in total. The van der Waals surface area contributed by atoms with Crippen LogP contribution in [0.3, 0.4) is 0 Å². The SMILES string of the molecule is NC(CNC(=O)C1(c2ccc(Cl)cc2)CCC1)c1ccc(C(=O)Nc2ccncc2)cc1. The third kappa shape index (κ3) is 4.66. The Kier molecular flexibility index (Phi) is 6.53. The van der Waals surface area contributed by atoms with Crippen LogP contribution < -0.4 is 16.4 Å². The first kappa shape index (κ1) is 22.0. The molecule has 2 amide bonds. The molecule has 1 aromatic heterocycles. The van der Waals surface area contributed by atoms with Gasteiger partial charge in [0.25, 0.3) is 5.91 Å². The number of nitrogens with zero attached hydrogens (tertiary/aromatic N) is 1. The van der Waals surface area contributed by atoms with Gasteiger partial charge in [-0.15, -0.1) is 0 Å². The van der Waals surface area contributed by atoms with Crippen LogP contribution in [0.25, 0.3) is 0 Å². The smallest absolute Gasteiger partial charge is 0.255 e. The van der Waals surface area contributed by atoms with Gasteiger partial charge in [0.1, 0.15) is 0 Å². The Balaban J connectivity index is 1.35. The van der Waals surface area contributed by atoms with Crippen LogP contribution in [0, 0.1) is 0 Å². The molecule has 3 aromatic rings. The van der Waals surface area contributed by atoms with Crippen LogP contribution in [-0.2, 0) is 10.2 Å². The minimum atomic E-state index is -0.501. The van der Waals surface area contributed by atoms with E-state index in [2.05, 4.69) is 15.6 Å². The van der Waals surface area contributed by atoms with Crippen LogP contribution >= 0.6 is 11.6 Å². The van der Waals surface area contributed by atoms with Crippen LogP contribution in [0.15, 0.2) is 73.1 Å². The molecule has 1 unspecified atom stereocenters. The first-order valence-corrected chi connectivity index (χ1v) is 11.0. The maximum Gasteiger partial charge on any atom is 0.255 e. The van der Waals surface area contributed by atoms with Crippen molar-refractivity contribution in [2.24, 2.45) is 5.73 Å². The molecule has 0 saturated heterocycles. The molecule has 7 heteroatoms. The van der Waals surface area contributed by atoms with Gasteiger partial charge >= 0.3 is 0 Å². The third-order valence-electron chi connectivity index (χ3n) is 6.06. The zero-order valence-electron chi connectivity index (χ0n) is 17.6. The molecule has 1 aliphatic carbocycles.